The van der Waals surface area contributed by atoms with Crippen LogP contribution in [0.15, 0.2) is 49.1 Å². The van der Waals surface area contributed by atoms with Crippen LogP contribution in [0.1, 0.15) is 17.2 Å². The molecule has 0 unspecified atom stereocenters. The van der Waals surface area contributed by atoms with E-state index >= 15 is 0 Å². The average molecular weight is 444 g/mol. The SMILES string of the molecule is CN1CCN([C@H]2Cc3c(Cl)cc(Cl)cc3[C@@H]2Oc2ccc(-n3cncn3)cc2)CC1. The summed E-state index contributed by atoms with van der Waals surface area (Å²) in [6.07, 6.45) is 3.96. The molecule has 0 saturated carbocycles. The third kappa shape index (κ3) is 3.81. The fourth-order valence-electron chi connectivity index (χ4n) is 4.40. The Hall–Kier alpha value is -2.12. The van der Waals surface area contributed by atoms with Crippen LogP contribution in [-0.2, 0) is 6.42 Å². The van der Waals surface area contributed by atoms with E-state index in [4.69, 9.17) is 27.9 Å². The van der Waals surface area contributed by atoms with Crippen molar-refractivity contribution in [2.45, 2.75) is 18.6 Å². The van der Waals surface area contributed by atoms with Gasteiger partial charge in [0.1, 0.15) is 24.5 Å². The van der Waals surface area contributed by atoms with Gasteiger partial charge in [-0.3, -0.25) is 4.90 Å². The molecule has 0 bridgehead atoms. The van der Waals surface area contributed by atoms with Crippen molar-refractivity contribution >= 4 is 23.2 Å². The van der Waals surface area contributed by atoms with E-state index < -0.39 is 0 Å². The third-order valence-electron chi connectivity index (χ3n) is 6.05. The molecule has 1 aromatic heterocycles. The lowest BCUT2D eigenvalue weighted by Crippen LogP contribution is -2.50. The molecule has 6 nitrogen and oxygen atoms in total. The first-order chi connectivity index (χ1) is 14.6. The molecule has 1 aliphatic carbocycles. The Morgan fingerprint density at radius 2 is 1.80 bits per heavy atom. The highest BCUT2D eigenvalue weighted by atomic mass is 35.5. The van der Waals surface area contributed by atoms with Gasteiger partial charge in [-0.15, -0.1) is 0 Å². The molecule has 2 heterocycles. The average Bonchev–Trinajstić information content (AvgIpc) is 3.39. The van der Waals surface area contributed by atoms with Gasteiger partial charge in [0.2, 0.25) is 0 Å². The second-order valence-corrected chi connectivity index (χ2v) is 8.78. The minimum Gasteiger partial charge on any atom is -0.484 e. The Bertz CT molecular complexity index is 1020. The predicted molar refractivity (Wildman–Crippen MR) is 118 cm³/mol. The van der Waals surface area contributed by atoms with Gasteiger partial charge in [-0.05, 0) is 55.4 Å². The fraction of sp³-hybridized carbons (Fsp3) is 0.364. The molecule has 2 aliphatic rings. The summed E-state index contributed by atoms with van der Waals surface area (Å²) in [4.78, 5) is 8.89. The summed E-state index contributed by atoms with van der Waals surface area (Å²) in [5.41, 5.74) is 3.18. The summed E-state index contributed by atoms with van der Waals surface area (Å²) in [5, 5.41) is 5.55. The van der Waals surface area contributed by atoms with Crippen LogP contribution >= 0.6 is 23.2 Å². The number of aromatic nitrogens is 3. The molecule has 3 aromatic rings. The van der Waals surface area contributed by atoms with E-state index in [9.17, 15) is 0 Å². The molecule has 0 spiro atoms. The van der Waals surface area contributed by atoms with Crippen molar-refractivity contribution < 1.29 is 4.74 Å². The molecule has 0 radical (unpaired) electrons. The Kier molecular flexibility index (Phi) is 5.41. The molecule has 0 amide bonds. The van der Waals surface area contributed by atoms with Crippen molar-refractivity contribution in [1.29, 1.82) is 0 Å². The van der Waals surface area contributed by atoms with E-state index in [0.717, 1.165) is 60.2 Å². The summed E-state index contributed by atoms with van der Waals surface area (Å²) >= 11 is 12.9. The van der Waals surface area contributed by atoms with Gasteiger partial charge in [-0.25, -0.2) is 9.67 Å². The van der Waals surface area contributed by atoms with Gasteiger partial charge in [0, 0.05) is 41.8 Å². The number of nitrogens with zero attached hydrogens (tertiary/aromatic N) is 5. The minimum absolute atomic E-state index is 0.114. The highest BCUT2D eigenvalue weighted by Gasteiger charge is 2.40. The lowest BCUT2D eigenvalue weighted by atomic mass is 10.1. The maximum Gasteiger partial charge on any atom is 0.140 e. The number of halogens is 2. The zero-order chi connectivity index (χ0) is 20.7. The fourth-order valence-corrected chi connectivity index (χ4v) is 4.98. The maximum absolute atomic E-state index is 6.57. The first kappa shape index (κ1) is 19.8. The molecule has 0 N–H and O–H groups in total. The number of hydrogen-bond donors (Lipinski definition) is 0. The minimum atomic E-state index is -0.114. The Balaban J connectivity index is 1.44. The van der Waals surface area contributed by atoms with Gasteiger partial charge in [-0.2, -0.15) is 5.10 Å². The molecular formula is C22H23Cl2N5O. The van der Waals surface area contributed by atoms with Crippen LogP contribution in [0.4, 0.5) is 0 Å². The lowest BCUT2D eigenvalue weighted by molar-refractivity contribution is 0.0454. The Morgan fingerprint density at radius 1 is 1.03 bits per heavy atom. The highest BCUT2D eigenvalue weighted by Crippen LogP contribution is 2.42. The molecule has 2 atom stereocenters. The molecular weight excluding hydrogens is 421 g/mol. The number of fused-ring (bicyclic) bond motifs is 1. The number of likely N-dealkylation sites (N-methyl/N-ethyl adjacent to an activating group) is 1. The van der Waals surface area contributed by atoms with Gasteiger partial charge in [0.05, 0.1) is 11.7 Å². The quantitative estimate of drug-likeness (QED) is 0.612. The lowest BCUT2D eigenvalue weighted by Gasteiger charge is -2.38. The molecule has 30 heavy (non-hydrogen) atoms. The van der Waals surface area contributed by atoms with Crippen LogP contribution in [0.3, 0.4) is 0 Å². The molecule has 8 heteroatoms. The zero-order valence-corrected chi connectivity index (χ0v) is 18.2. The van der Waals surface area contributed by atoms with Crippen LogP contribution in [0, 0.1) is 0 Å². The van der Waals surface area contributed by atoms with E-state index in [-0.39, 0.29) is 12.1 Å². The predicted octanol–water partition coefficient (Wildman–Crippen LogP) is 3.87. The molecule has 1 fully saturated rings. The van der Waals surface area contributed by atoms with Crippen molar-refractivity contribution in [3.63, 3.8) is 0 Å². The maximum atomic E-state index is 6.57. The van der Waals surface area contributed by atoms with Gasteiger partial charge in [0.15, 0.2) is 0 Å². The van der Waals surface area contributed by atoms with Gasteiger partial charge < -0.3 is 9.64 Å². The Morgan fingerprint density at radius 3 is 2.50 bits per heavy atom. The normalized spacial score (nSPS) is 22.2. The van der Waals surface area contributed by atoms with Gasteiger partial charge in [0.25, 0.3) is 0 Å². The van der Waals surface area contributed by atoms with Crippen LogP contribution in [-0.4, -0.2) is 63.8 Å². The van der Waals surface area contributed by atoms with Crippen molar-refractivity contribution in [3.05, 3.63) is 70.2 Å². The van der Waals surface area contributed by atoms with Crippen LogP contribution in [0.5, 0.6) is 5.75 Å². The molecule has 1 saturated heterocycles. The van der Waals surface area contributed by atoms with E-state index in [1.54, 1.807) is 11.0 Å². The monoisotopic (exact) mass is 443 g/mol. The number of hydrogen-bond acceptors (Lipinski definition) is 5. The van der Waals surface area contributed by atoms with Gasteiger partial charge >= 0.3 is 0 Å². The van der Waals surface area contributed by atoms with Crippen LogP contribution in [0.2, 0.25) is 10.0 Å². The number of benzene rings is 2. The first-order valence-electron chi connectivity index (χ1n) is 10.1. The number of ether oxygens (including phenoxy) is 1. The van der Waals surface area contributed by atoms with E-state index in [2.05, 4.69) is 26.9 Å². The number of piperazine rings is 1. The molecule has 156 valence electrons. The van der Waals surface area contributed by atoms with Gasteiger partial charge in [-0.1, -0.05) is 23.2 Å². The smallest absolute Gasteiger partial charge is 0.140 e. The van der Waals surface area contributed by atoms with Crippen molar-refractivity contribution in [3.8, 4) is 11.4 Å². The second kappa shape index (κ2) is 8.19. The van der Waals surface area contributed by atoms with E-state index in [1.165, 1.54) is 6.33 Å². The Labute approximate surface area is 186 Å². The third-order valence-corrected chi connectivity index (χ3v) is 6.61. The van der Waals surface area contributed by atoms with E-state index in [0.29, 0.717) is 5.02 Å². The summed E-state index contributed by atoms with van der Waals surface area (Å²) in [6.45, 7) is 4.15. The molecule has 5 rings (SSSR count). The second-order valence-electron chi connectivity index (χ2n) is 7.94. The van der Waals surface area contributed by atoms with Crippen molar-refractivity contribution in [1.82, 2.24) is 24.6 Å². The summed E-state index contributed by atoms with van der Waals surface area (Å²) in [6, 6.07) is 12.0. The summed E-state index contributed by atoms with van der Waals surface area (Å²) in [7, 11) is 2.17. The number of rotatable bonds is 4. The van der Waals surface area contributed by atoms with Crippen LogP contribution < -0.4 is 4.74 Å². The topological polar surface area (TPSA) is 46.4 Å². The van der Waals surface area contributed by atoms with Crippen LogP contribution in [0.25, 0.3) is 5.69 Å². The first-order valence-corrected chi connectivity index (χ1v) is 10.9. The summed E-state index contributed by atoms with van der Waals surface area (Å²) in [5.74, 6) is 0.812. The highest BCUT2D eigenvalue weighted by molar-refractivity contribution is 6.35. The zero-order valence-electron chi connectivity index (χ0n) is 16.7. The largest absolute Gasteiger partial charge is 0.484 e. The standard InChI is InChI=1S/C22H23Cl2N5O/c1-27-6-8-28(9-7-27)21-12-18-19(10-15(23)11-20(18)24)22(21)30-17-4-2-16(3-5-17)29-14-25-13-26-29/h2-5,10-11,13-14,21-22H,6-9,12H2,1H3/t21-,22-/m0/s1. The van der Waals surface area contributed by atoms with Crippen molar-refractivity contribution in [2.24, 2.45) is 0 Å². The molecule has 1 aliphatic heterocycles. The van der Waals surface area contributed by atoms with E-state index in [1.807, 2.05) is 36.4 Å². The molecule has 2 aromatic carbocycles. The summed E-state index contributed by atoms with van der Waals surface area (Å²) < 4.78 is 8.28. The van der Waals surface area contributed by atoms with Crippen molar-refractivity contribution in [2.75, 3.05) is 33.2 Å².